The highest BCUT2D eigenvalue weighted by molar-refractivity contribution is 6.14. The highest BCUT2D eigenvalue weighted by Gasteiger charge is 2.41. The number of hydrogen-bond acceptors (Lipinski definition) is 12. The fraction of sp³-hybridized carbons (Fsp3) is 0.0435. The molecule has 0 N–H and O–H groups in total. The monoisotopic (exact) mass is 518 g/mol. The Kier molecular flexibility index (Phi) is 4.55. The number of nitrogens with zero attached hydrogens (tertiary/aromatic N) is 12. The maximum atomic E-state index is 16.1. The molecule has 182 valence electrons. The third-order valence-corrected chi connectivity index (χ3v) is 6.02. The number of imidazole rings is 2. The molecule has 39 heavy (non-hydrogen) atoms. The average molecular weight is 518 g/mol. The van der Waals surface area contributed by atoms with Gasteiger partial charge in [0.25, 0.3) is 5.91 Å². The molecule has 0 unspecified atom stereocenters. The number of aromatic nitrogens is 8. The molecule has 0 bridgehead atoms. The highest BCUT2D eigenvalue weighted by Crippen LogP contribution is 2.42. The summed E-state index contributed by atoms with van der Waals surface area (Å²) in [5.74, 6) is -4.53. The number of fused-ring (bicyclic) bond motifs is 6. The molecule has 6 rings (SSSR count). The van der Waals surface area contributed by atoms with Crippen molar-refractivity contribution in [3.63, 3.8) is 0 Å². The van der Waals surface area contributed by atoms with Crippen molar-refractivity contribution in [1.82, 2.24) is 39.0 Å². The first kappa shape index (κ1) is 22.9. The minimum absolute atomic E-state index is 0.0313. The molecule has 1 aliphatic rings. The van der Waals surface area contributed by atoms with Crippen LogP contribution in [0.2, 0.25) is 0 Å². The van der Waals surface area contributed by atoms with Crippen LogP contribution in [0.15, 0.2) is 0 Å². The number of nitriles is 4. The van der Waals surface area contributed by atoms with Crippen LogP contribution in [0.4, 0.5) is 8.78 Å². The molecule has 5 aromatic rings. The molecule has 4 aromatic heterocycles. The van der Waals surface area contributed by atoms with Crippen LogP contribution in [-0.2, 0) is 7.05 Å². The Hall–Kier alpha value is -6.52. The van der Waals surface area contributed by atoms with Gasteiger partial charge < -0.3 is 4.57 Å². The largest absolute Gasteiger partial charge is 0.310 e. The van der Waals surface area contributed by atoms with Gasteiger partial charge in [0.15, 0.2) is 57.5 Å². The number of carbonyl (C=O) groups is 2. The van der Waals surface area contributed by atoms with E-state index < -0.39 is 51.3 Å². The van der Waals surface area contributed by atoms with Gasteiger partial charge in [0.2, 0.25) is 0 Å². The second-order valence-electron chi connectivity index (χ2n) is 7.94. The summed E-state index contributed by atoms with van der Waals surface area (Å²) >= 11 is 0. The Labute approximate surface area is 213 Å². The summed E-state index contributed by atoms with van der Waals surface area (Å²) in [5, 5.41) is 36.9. The standard InChI is InChI=1S/C23H4F2N12O2/c1-36-19(34-17-21(36)32-10(4-28)8(2-26)30-17)12-7(6-38)15(24)13-14(16(12)25)23(39)37-20(13)35-18-22(37)33-11(5-29)9(3-27)31-18/h6H,1H3. The van der Waals surface area contributed by atoms with Gasteiger partial charge in [0.1, 0.15) is 41.7 Å². The quantitative estimate of drug-likeness (QED) is 0.297. The van der Waals surface area contributed by atoms with Crippen LogP contribution < -0.4 is 0 Å². The van der Waals surface area contributed by atoms with E-state index in [0.29, 0.717) is 0 Å². The van der Waals surface area contributed by atoms with Crippen LogP contribution in [0.3, 0.4) is 0 Å². The van der Waals surface area contributed by atoms with Crippen LogP contribution in [0.1, 0.15) is 43.5 Å². The fourth-order valence-electron chi connectivity index (χ4n) is 4.34. The van der Waals surface area contributed by atoms with Gasteiger partial charge in [-0.3, -0.25) is 9.59 Å². The second kappa shape index (κ2) is 7.74. The molecule has 1 aromatic carbocycles. The van der Waals surface area contributed by atoms with Gasteiger partial charge >= 0.3 is 0 Å². The maximum absolute atomic E-state index is 16.1. The summed E-state index contributed by atoms with van der Waals surface area (Å²) in [6, 6.07) is 6.71. The van der Waals surface area contributed by atoms with Gasteiger partial charge in [0.05, 0.1) is 22.3 Å². The maximum Gasteiger partial charge on any atom is 0.269 e. The zero-order valence-electron chi connectivity index (χ0n) is 19.0. The second-order valence-corrected chi connectivity index (χ2v) is 7.94. The Balaban J connectivity index is 1.67. The number of aryl methyl sites for hydroxylation is 1. The van der Waals surface area contributed by atoms with E-state index in [1.807, 2.05) is 0 Å². The van der Waals surface area contributed by atoms with Crippen LogP contribution in [0, 0.1) is 57.0 Å². The third kappa shape index (κ3) is 2.76. The smallest absolute Gasteiger partial charge is 0.269 e. The van der Waals surface area contributed by atoms with Gasteiger partial charge in [-0.1, -0.05) is 0 Å². The zero-order chi connectivity index (χ0) is 27.7. The molecule has 0 fully saturated rings. The Morgan fingerprint density at radius 2 is 1.21 bits per heavy atom. The Morgan fingerprint density at radius 1 is 0.692 bits per heavy atom. The van der Waals surface area contributed by atoms with E-state index in [4.69, 9.17) is 0 Å². The van der Waals surface area contributed by atoms with E-state index in [1.54, 1.807) is 24.3 Å². The predicted octanol–water partition coefficient (Wildman–Crippen LogP) is 1.42. The number of carbonyl (C=O) groups excluding carboxylic acids is 2. The summed E-state index contributed by atoms with van der Waals surface area (Å²) in [7, 11) is 1.33. The van der Waals surface area contributed by atoms with E-state index in [0.717, 1.165) is 9.13 Å². The van der Waals surface area contributed by atoms with Crippen molar-refractivity contribution < 1.29 is 18.4 Å². The lowest BCUT2D eigenvalue weighted by Crippen LogP contribution is -2.12. The molecule has 0 atom stereocenters. The van der Waals surface area contributed by atoms with Crippen molar-refractivity contribution in [1.29, 1.82) is 21.0 Å². The van der Waals surface area contributed by atoms with E-state index in [-0.39, 0.29) is 51.8 Å². The normalized spacial score (nSPS) is 11.5. The van der Waals surface area contributed by atoms with Gasteiger partial charge in [0, 0.05) is 7.05 Å². The van der Waals surface area contributed by atoms with E-state index in [9.17, 15) is 30.6 Å². The lowest BCUT2D eigenvalue weighted by Gasteiger charge is -2.11. The molecule has 1 aliphatic heterocycles. The molecule has 0 saturated heterocycles. The summed E-state index contributed by atoms with van der Waals surface area (Å²) in [6.45, 7) is 0. The van der Waals surface area contributed by atoms with Crippen LogP contribution in [0.25, 0.3) is 45.4 Å². The van der Waals surface area contributed by atoms with Gasteiger partial charge in [-0.15, -0.1) is 0 Å². The number of rotatable bonds is 2. The molecule has 0 amide bonds. The molecule has 0 aliphatic carbocycles. The topological polar surface area (TPSA) is 216 Å². The van der Waals surface area contributed by atoms with Crippen molar-refractivity contribution in [3.8, 4) is 47.1 Å². The van der Waals surface area contributed by atoms with E-state index >= 15 is 8.78 Å². The molecule has 0 radical (unpaired) electrons. The minimum Gasteiger partial charge on any atom is -0.310 e. The molecule has 5 heterocycles. The minimum atomic E-state index is -1.32. The number of halogens is 2. The predicted molar refractivity (Wildman–Crippen MR) is 120 cm³/mol. The van der Waals surface area contributed by atoms with Crippen molar-refractivity contribution in [2.45, 2.75) is 0 Å². The number of hydrogen-bond donors (Lipinski definition) is 0. The fourth-order valence-corrected chi connectivity index (χ4v) is 4.34. The molecule has 16 heteroatoms. The van der Waals surface area contributed by atoms with Crippen LogP contribution in [-0.4, -0.2) is 51.2 Å². The van der Waals surface area contributed by atoms with Crippen molar-refractivity contribution in [3.05, 3.63) is 45.5 Å². The highest BCUT2D eigenvalue weighted by atomic mass is 19.1. The van der Waals surface area contributed by atoms with Crippen molar-refractivity contribution >= 4 is 34.8 Å². The summed E-state index contributed by atoms with van der Waals surface area (Å²) in [6.07, 6.45) is 0.0313. The van der Waals surface area contributed by atoms with Crippen LogP contribution >= 0.6 is 0 Å². The molecule has 14 nitrogen and oxygen atoms in total. The van der Waals surface area contributed by atoms with Gasteiger partial charge in [-0.2, -0.15) is 21.0 Å². The molecular formula is C23H4F2N12O2. The molecule has 0 saturated carbocycles. The summed E-state index contributed by atoms with van der Waals surface area (Å²) in [4.78, 5) is 49.3. The SMILES string of the molecule is Cn1c(-c2c(F)c3c(c(F)c2C=O)-c2nc4nc(C#N)c(C#N)nc4n2C3=O)nc2nc(C#N)c(C#N)nc21. The summed E-state index contributed by atoms with van der Waals surface area (Å²) < 4.78 is 33.9. The number of aldehydes is 1. The Bertz CT molecular complexity index is 2200. The van der Waals surface area contributed by atoms with Crippen molar-refractivity contribution in [2.24, 2.45) is 7.05 Å². The molecular weight excluding hydrogens is 514 g/mol. The molecule has 0 spiro atoms. The number of benzene rings is 1. The van der Waals surface area contributed by atoms with E-state index in [2.05, 4.69) is 29.9 Å². The summed E-state index contributed by atoms with van der Waals surface area (Å²) in [5.41, 5.74) is -5.30. The lowest BCUT2D eigenvalue weighted by atomic mass is 9.97. The van der Waals surface area contributed by atoms with E-state index in [1.165, 1.54) is 7.05 Å². The Morgan fingerprint density at radius 3 is 1.77 bits per heavy atom. The van der Waals surface area contributed by atoms with Crippen LogP contribution in [0.5, 0.6) is 0 Å². The lowest BCUT2D eigenvalue weighted by molar-refractivity contribution is 0.0968. The van der Waals surface area contributed by atoms with Crippen molar-refractivity contribution in [2.75, 3.05) is 0 Å². The first-order valence-electron chi connectivity index (χ1n) is 10.5. The van der Waals surface area contributed by atoms with Gasteiger partial charge in [-0.25, -0.2) is 43.3 Å². The first-order chi connectivity index (χ1) is 18.8. The van der Waals surface area contributed by atoms with Gasteiger partial charge in [-0.05, 0) is 0 Å². The zero-order valence-corrected chi connectivity index (χ0v) is 19.0. The third-order valence-electron chi connectivity index (χ3n) is 6.02. The average Bonchev–Trinajstić information content (AvgIpc) is 3.57. The first-order valence-corrected chi connectivity index (χ1v) is 10.5.